The number of hydrogen-bond donors (Lipinski definition) is 1. The predicted octanol–water partition coefficient (Wildman–Crippen LogP) is 2.15. The molecule has 1 atom stereocenters. The van der Waals surface area contributed by atoms with Crippen molar-refractivity contribution in [3.8, 4) is 0 Å². The lowest BCUT2D eigenvalue weighted by Gasteiger charge is -2.33. The highest BCUT2D eigenvalue weighted by Gasteiger charge is 2.26. The first kappa shape index (κ1) is 15.6. The maximum absolute atomic E-state index is 11.7. The van der Waals surface area contributed by atoms with Crippen LogP contribution in [0.5, 0.6) is 0 Å². The van der Waals surface area contributed by atoms with Crippen molar-refractivity contribution in [2.45, 2.75) is 64.2 Å². The fourth-order valence-corrected chi connectivity index (χ4v) is 2.81. The van der Waals surface area contributed by atoms with E-state index in [4.69, 9.17) is 9.47 Å². The van der Waals surface area contributed by atoms with Crippen LogP contribution in [0.25, 0.3) is 0 Å². The van der Waals surface area contributed by atoms with Gasteiger partial charge in [-0.1, -0.05) is 0 Å². The molecule has 0 bridgehead atoms. The number of rotatable bonds is 3. The van der Waals surface area contributed by atoms with Gasteiger partial charge < -0.3 is 19.7 Å². The molecule has 0 unspecified atom stereocenters. The van der Waals surface area contributed by atoms with Gasteiger partial charge in [0.25, 0.3) is 0 Å². The van der Waals surface area contributed by atoms with Gasteiger partial charge in [0.2, 0.25) is 0 Å². The highest BCUT2D eigenvalue weighted by Crippen LogP contribution is 2.17. The van der Waals surface area contributed by atoms with Gasteiger partial charge in [0.15, 0.2) is 0 Å². The Balaban J connectivity index is 1.64. The van der Waals surface area contributed by atoms with Crippen molar-refractivity contribution in [1.82, 2.24) is 10.2 Å². The van der Waals surface area contributed by atoms with Crippen LogP contribution < -0.4 is 5.32 Å². The van der Waals surface area contributed by atoms with Crippen LogP contribution in [0.3, 0.4) is 0 Å². The lowest BCUT2D eigenvalue weighted by atomic mass is 10.0. The zero-order chi connectivity index (χ0) is 14.6. The number of hydrogen-bond acceptors (Lipinski definition) is 4. The van der Waals surface area contributed by atoms with Crippen LogP contribution in [0.1, 0.15) is 46.5 Å². The molecule has 5 nitrogen and oxygen atoms in total. The molecular formula is C15H28N2O3. The molecule has 0 saturated carbocycles. The number of piperidine rings is 1. The van der Waals surface area contributed by atoms with Crippen LogP contribution in [0, 0.1) is 0 Å². The van der Waals surface area contributed by atoms with Gasteiger partial charge in [-0.05, 0) is 46.5 Å². The van der Waals surface area contributed by atoms with E-state index < -0.39 is 5.60 Å². The third kappa shape index (κ3) is 5.29. The Kier molecular flexibility index (Phi) is 5.27. The highest BCUT2D eigenvalue weighted by atomic mass is 16.6. The summed E-state index contributed by atoms with van der Waals surface area (Å²) in [6.45, 7) is 9.67. The second-order valence-electron chi connectivity index (χ2n) is 6.86. The summed E-state index contributed by atoms with van der Waals surface area (Å²) >= 11 is 0. The number of carbonyl (C=O) groups excluding carboxylic acids is 1. The summed E-state index contributed by atoms with van der Waals surface area (Å²) in [7, 11) is 0. The highest BCUT2D eigenvalue weighted by molar-refractivity contribution is 5.68. The molecule has 0 aliphatic carbocycles. The van der Waals surface area contributed by atoms with Crippen LogP contribution in [0.4, 0.5) is 4.79 Å². The van der Waals surface area contributed by atoms with E-state index in [-0.39, 0.29) is 12.1 Å². The summed E-state index contributed by atoms with van der Waals surface area (Å²) in [5, 5.41) is 2.97. The molecule has 2 heterocycles. The van der Waals surface area contributed by atoms with Crippen molar-refractivity contribution >= 4 is 6.09 Å². The summed E-state index contributed by atoms with van der Waals surface area (Å²) in [6, 6.07) is 0.241. The standard InChI is InChI=1S/C15H28N2O3/c1-15(2,3)20-14(18)16-12-6-8-17(9-7-12)11-13-5-4-10-19-13/h12-13H,4-11H2,1-3H3,(H,16,18)/t13-/m1/s1. The summed E-state index contributed by atoms with van der Waals surface area (Å²) < 4.78 is 11.0. The van der Waals surface area contributed by atoms with Crippen molar-refractivity contribution in [1.29, 1.82) is 0 Å². The Morgan fingerprint density at radius 3 is 2.55 bits per heavy atom. The van der Waals surface area contributed by atoms with Crippen molar-refractivity contribution < 1.29 is 14.3 Å². The molecular weight excluding hydrogens is 256 g/mol. The zero-order valence-electron chi connectivity index (χ0n) is 13.0. The van der Waals surface area contributed by atoms with Crippen LogP contribution in [0.2, 0.25) is 0 Å². The quantitative estimate of drug-likeness (QED) is 0.863. The first-order valence-corrected chi connectivity index (χ1v) is 7.76. The number of ether oxygens (including phenoxy) is 2. The van der Waals surface area contributed by atoms with E-state index in [1.54, 1.807) is 0 Å². The largest absolute Gasteiger partial charge is 0.444 e. The molecule has 2 fully saturated rings. The lowest BCUT2D eigenvalue weighted by Crippen LogP contribution is -2.47. The fourth-order valence-electron chi connectivity index (χ4n) is 2.81. The Morgan fingerprint density at radius 1 is 1.30 bits per heavy atom. The van der Waals surface area contributed by atoms with E-state index in [1.807, 2.05) is 20.8 Å². The number of nitrogens with zero attached hydrogens (tertiary/aromatic N) is 1. The van der Waals surface area contributed by atoms with Gasteiger partial charge in [-0.25, -0.2) is 4.79 Å². The minimum atomic E-state index is -0.426. The topological polar surface area (TPSA) is 50.8 Å². The number of carbonyl (C=O) groups is 1. The van der Waals surface area contributed by atoms with E-state index >= 15 is 0 Å². The van der Waals surface area contributed by atoms with Gasteiger partial charge in [-0.2, -0.15) is 0 Å². The third-order valence-electron chi connectivity index (χ3n) is 3.79. The molecule has 0 aromatic heterocycles. The van der Waals surface area contributed by atoms with E-state index in [9.17, 15) is 4.79 Å². The molecule has 2 saturated heterocycles. The van der Waals surface area contributed by atoms with Gasteiger partial charge >= 0.3 is 6.09 Å². The van der Waals surface area contributed by atoms with Crippen molar-refractivity contribution in [3.05, 3.63) is 0 Å². The van der Waals surface area contributed by atoms with Crippen LogP contribution in [-0.2, 0) is 9.47 Å². The van der Waals surface area contributed by atoms with Crippen molar-refractivity contribution in [3.63, 3.8) is 0 Å². The molecule has 0 spiro atoms. The Bertz CT molecular complexity index is 314. The Hall–Kier alpha value is -0.810. The molecule has 20 heavy (non-hydrogen) atoms. The average Bonchev–Trinajstić information content (AvgIpc) is 2.82. The average molecular weight is 284 g/mol. The first-order valence-electron chi connectivity index (χ1n) is 7.76. The smallest absolute Gasteiger partial charge is 0.407 e. The molecule has 2 rings (SSSR count). The van der Waals surface area contributed by atoms with Gasteiger partial charge in [0, 0.05) is 32.3 Å². The zero-order valence-corrected chi connectivity index (χ0v) is 13.0. The molecule has 116 valence electrons. The van der Waals surface area contributed by atoms with Crippen molar-refractivity contribution in [2.75, 3.05) is 26.2 Å². The summed E-state index contributed by atoms with van der Waals surface area (Å²) in [5.74, 6) is 0. The Morgan fingerprint density at radius 2 is 2.00 bits per heavy atom. The molecule has 0 radical (unpaired) electrons. The van der Waals surface area contributed by atoms with Gasteiger partial charge in [-0.3, -0.25) is 0 Å². The minimum absolute atomic E-state index is 0.241. The monoisotopic (exact) mass is 284 g/mol. The maximum atomic E-state index is 11.7. The van der Waals surface area contributed by atoms with Crippen LogP contribution >= 0.6 is 0 Å². The minimum Gasteiger partial charge on any atom is -0.444 e. The molecule has 2 aliphatic heterocycles. The van der Waals surface area contributed by atoms with E-state index in [2.05, 4.69) is 10.2 Å². The van der Waals surface area contributed by atoms with Crippen molar-refractivity contribution in [2.24, 2.45) is 0 Å². The van der Waals surface area contributed by atoms with Gasteiger partial charge in [0.05, 0.1) is 6.10 Å². The second kappa shape index (κ2) is 6.76. The molecule has 2 aliphatic rings. The normalized spacial score (nSPS) is 25.6. The molecule has 1 N–H and O–H groups in total. The molecule has 1 amide bonds. The molecule has 0 aromatic rings. The maximum Gasteiger partial charge on any atom is 0.407 e. The number of likely N-dealkylation sites (tertiary alicyclic amines) is 1. The van der Waals surface area contributed by atoms with Gasteiger partial charge in [0.1, 0.15) is 5.60 Å². The SMILES string of the molecule is CC(C)(C)OC(=O)NC1CCN(C[C@H]2CCCO2)CC1. The van der Waals surface area contributed by atoms with E-state index in [0.717, 1.165) is 39.1 Å². The first-order chi connectivity index (χ1) is 9.42. The molecule has 0 aromatic carbocycles. The summed E-state index contributed by atoms with van der Waals surface area (Å²) in [5.41, 5.74) is -0.426. The van der Waals surface area contributed by atoms with E-state index in [1.165, 1.54) is 12.8 Å². The lowest BCUT2D eigenvalue weighted by molar-refractivity contribution is 0.0433. The van der Waals surface area contributed by atoms with Gasteiger partial charge in [-0.15, -0.1) is 0 Å². The predicted molar refractivity (Wildman–Crippen MR) is 77.8 cm³/mol. The summed E-state index contributed by atoms with van der Waals surface area (Å²) in [6.07, 6.45) is 4.50. The third-order valence-corrected chi connectivity index (χ3v) is 3.79. The second-order valence-corrected chi connectivity index (χ2v) is 6.86. The summed E-state index contributed by atoms with van der Waals surface area (Å²) in [4.78, 5) is 14.2. The number of amides is 1. The van der Waals surface area contributed by atoms with Crippen LogP contribution in [0.15, 0.2) is 0 Å². The number of nitrogens with one attached hydrogen (secondary N) is 1. The number of alkyl carbamates (subject to hydrolysis) is 1. The fraction of sp³-hybridized carbons (Fsp3) is 0.933. The Labute approximate surface area is 122 Å². The molecule has 5 heteroatoms. The van der Waals surface area contributed by atoms with E-state index in [0.29, 0.717) is 6.10 Å². The van der Waals surface area contributed by atoms with Crippen LogP contribution in [-0.4, -0.2) is 55.0 Å².